The highest BCUT2D eigenvalue weighted by Crippen LogP contribution is 2.14. The van der Waals surface area contributed by atoms with Crippen molar-refractivity contribution in [1.82, 2.24) is 21.3 Å². The van der Waals surface area contributed by atoms with E-state index < -0.39 is 0 Å². The third kappa shape index (κ3) is 12.9. The molecule has 34 heavy (non-hydrogen) atoms. The minimum Gasteiger partial charge on any atom is -0.494 e. The van der Waals surface area contributed by atoms with Crippen molar-refractivity contribution in [1.29, 1.82) is 10.8 Å². The average Bonchev–Trinajstić information content (AvgIpc) is 3.12. The predicted molar refractivity (Wildman–Crippen MR) is 141 cm³/mol. The highest BCUT2D eigenvalue weighted by atomic mass is 16.5. The number of benzene rings is 1. The first kappa shape index (κ1) is 27.3. The fraction of sp³-hybridized carbons (Fsp3) is 0.640. The van der Waals surface area contributed by atoms with Crippen molar-refractivity contribution in [2.75, 3.05) is 39.3 Å². The lowest BCUT2D eigenvalue weighted by Gasteiger charge is -2.11. The zero-order chi connectivity index (χ0) is 24.3. The standard InChI is InChI=1S/C25H44N8O/c26-24(27)31-17-5-3-1-2-4-6-18-32-25(28)33-19-9-10-20-34-22-13-11-21(12-14-22)23-29-15-7-8-16-30-23/h11-14H,1-10,15-20H2,(H,29,30)(H4,26,27,31)(H3,28,32,33). The normalized spacial score (nSPS) is 13.2. The van der Waals surface area contributed by atoms with Gasteiger partial charge in [-0.05, 0) is 62.8 Å². The van der Waals surface area contributed by atoms with Crippen LogP contribution in [0.25, 0.3) is 0 Å². The molecule has 190 valence electrons. The molecule has 9 heteroatoms. The molecule has 0 unspecified atom stereocenters. The van der Waals surface area contributed by atoms with Crippen molar-refractivity contribution in [2.45, 2.75) is 64.2 Å². The summed E-state index contributed by atoms with van der Waals surface area (Å²) in [5, 5.41) is 27.5. The third-order valence-electron chi connectivity index (χ3n) is 5.64. The zero-order valence-corrected chi connectivity index (χ0v) is 20.6. The lowest BCUT2D eigenvalue weighted by atomic mass is 10.1. The molecule has 1 heterocycles. The van der Waals surface area contributed by atoms with Gasteiger partial charge in [0, 0.05) is 38.3 Å². The van der Waals surface area contributed by atoms with Gasteiger partial charge in [0.2, 0.25) is 0 Å². The van der Waals surface area contributed by atoms with Crippen LogP contribution in [0.1, 0.15) is 69.8 Å². The molecule has 0 aromatic heterocycles. The number of rotatable bonds is 16. The molecule has 0 fully saturated rings. The van der Waals surface area contributed by atoms with E-state index in [0.29, 0.717) is 12.6 Å². The fourth-order valence-corrected chi connectivity index (χ4v) is 3.68. The summed E-state index contributed by atoms with van der Waals surface area (Å²) in [7, 11) is 0. The topological polar surface area (TPSA) is 143 Å². The van der Waals surface area contributed by atoms with Crippen LogP contribution in [0.4, 0.5) is 0 Å². The Bertz CT molecular complexity index is 735. The molecule has 0 bridgehead atoms. The van der Waals surface area contributed by atoms with E-state index in [1.807, 2.05) is 12.1 Å². The maximum absolute atomic E-state index is 7.95. The van der Waals surface area contributed by atoms with Crippen LogP contribution in [0.15, 0.2) is 29.3 Å². The summed E-state index contributed by atoms with van der Waals surface area (Å²) in [6.07, 6.45) is 11.1. The quantitative estimate of drug-likeness (QED) is 0.112. The van der Waals surface area contributed by atoms with Gasteiger partial charge in [-0.3, -0.25) is 15.8 Å². The maximum Gasteiger partial charge on any atom is 0.188 e. The molecule has 0 saturated heterocycles. The summed E-state index contributed by atoms with van der Waals surface area (Å²) in [6.45, 7) is 4.94. The van der Waals surface area contributed by atoms with Gasteiger partial charge in [0.1, 0.15) is 11.6 Å². The number of guanidine groups is 2. The van der Waals surface area contributed by atoms with Crippen LogP contribution in [0.2, 0.25) is 0 Å². The molecule has 8 N–H and O–H groups in total. The molecule has 0 aliphatic carbocycles. The summed E-state index contributed by atoms with van der Waals surface area (Å²) < 4.78 is 5.85. The van der Waals surface area contributed by atoms with Crippen molar-refractivity contribution >= 4 is 17.8 Å². The van der Waals surface area contributed by atoms with Gasteiger partial charge < -0.3 is 31.7 Å². The molecule has 9 nitrogen and oxygen atoms in total. The maximum atomic E-state index is 7.95. The van der Waals surface area contributed by atoms with Crippen LogP contribution >= 0.6 is 0 Å². The minimum absolute atomic E-state index is 0.0513. The van der Waals surface area contributed by atoms with Gasteiger partial charge in [-0.25, -0.2) is 0 Å². The molecule has 1 aromatic rings. The number of hydrogen-bond donors (Lipinski definition) is 7. The molecule has 1 aliphatic heterocycles. The number of ether oxygens (including phenoxy) is 1. The van der Waals surface area contributed by atoms with E-state index in [1.165, 1.54) is 25.7 Å². The monoisotopic (exact) mass is 472 g/mol. The van der Waals surface area contributed by atoms with Gasteiger partial charge in [0.25, 0.3) is 0 Å². The lowest BCUT2D eigenvalue weighted by Crippen LogP contribution is -2.37. The zero-order valence-electron chi connectivity index (χ0n) is 20.6. The smallest absolute Gasteiger partial charge is 0.188 e. The van der Waals surface area contributed by atoms with E-state index in [-0.39, 0.29) is 5.96 Å². The van der Waals surface area contributed by atoms with Gasteiger partial charge in [-0.15, -0.1) is 0 Å². The Morgan fingerprint density at radius 2 is 1.47 bits per heavy atom. The van der Waals surface area contributed by atoms with E-state index >= 15 is 0 Å². The van der Waals surface area contributed by atoms with Gasteiger partial charge in [0.05, 0.1) is 6.61 Å². The third-order valence-corrected chi connectivity index (χ3v) is 5.64. The highest BCUT2D eigenvalue weighted by molar-refractivity contribution is 5.98. The molecule has 1 aromatic carbocycles. The SMILES string of the molecule is N=C(N)NCCCCCCCCNC(=N)NCCCCOc1ccc(C2=NCCCCN2)cc1. The highest BCUT2D eigenvalue weighted by Gasteiger charge is 2.06. The number of amidine groups is 1. The molecule has 0 atom stereocenters. The largest absolute Gasteiger partial charge is 0.494 e. The first-order valence-electron chi connectivity index (χ1n) is 12.8. The van der Waals surface area contributed by atoms with E-state index in [4.69, 9.17) is 21.3 Å². The van der Waals surface area contributed by atoms with Crippen LogP contribution < -0.4 is 31.7 Å². The number of unbranched alkanes of at least 4 members (excludes halogenated alkanes) is 6. The van der Waals surface area contributed by atoms with Gasteiger partial charge in [0.15, 0.2) is 11.9 Å². The summed E-state index contributed by atoms with van der Waals surface area (Å²) in [5.74, 6) is 2.33. The fourth-order valence-electron chi connectivity index (χ4n) is 3.68. The van der Waals surface area contributed by atoms with Crippen LogP contribution in [-0.4, -0.2) is 57.1 Å². The van der Waals surface area contributed by atoms with Gasteiger partial charge >= 0.3 is 0 Å². The van der Waals surface area contributed by atoms with E-state index in [9.17, 15) is 0 Å². The Balaban J connectivity index is 1.40. The molecule has 0 spiro atoms. The molecule has 0 saturated carbocycles. The van der Waals surface area contributed by atoms with Crippen molar-refractivity contribution in [3.05, 3.63) is 29.8 Å². The van der Waals surface area contributed by atoms with Crippen LogP contribution in [0.3, 0.4) is 0 Å². The summed E-state index contributed by atoms with van der Waals surface area (Å²) in [6, 6.07) is 8.15. The summed E-state index contributed by atoms with van der Waals surface area (Å²) >= 11 is 0. The number of nitrogens with zero attached hydrogens (tertiary/aromatic N) is 1. The Morgan fingerprint density at radius 1 is 0.853 bits per heavy atom. The average molecular weight is 473 g/mol. The second kappa shape index (κ2) is 17.5. The second-order valence-electron chi connectivity index (χ2n) is 8.63. The first-order valence-corrected chi connectivity index (χ1v) is 12.8. The lowest BCUT2D eigenvalue weighted by molar-refractivity contribution is 0.307. The molecule has 0 amide bonds. The number of nitrogens with one attached hydrogen (secondary N) is 6. The summed E-state index contributed by atoms with van der Waals surface area (Å²) in [4.78, 5) is 4.61. The van der Waals surface area contributed by atoms with Crippen molar-refractivity contribution in [2.24, 2.45) is 10.7 Å². The van der Waals surface area contributed by atoms with Crippen LogP contribution in [0.5, 0.6) is 5.75 Å². The molecule has 0 radical (unpaired) electrons. The number of hydrogen-bond acceptors (Lipinski definition) is 5. The number of nitrogens with two attached hydrogens (primary N) is 1. The Kier molecular flexibility index (Phi) is 14.0. The first-order chi connectivity index (χ1) is 16.6. The molecule has 2 rings (SSSR count). The Morgan fingerprint density at radius 3 is 2.15 bits per heavy atom. The van der Waals surface area contributed by atoms with Crippen molar-refractivity contribution < 1.29 is 4.74 Å². The molecular weight excluding hydrogens is 428 g/mol. The molecule has 1 aliphatic rings. The minimum atomic E-state index is 0.0513. The summed E-state index contributed by atoms with van der Waals surface area (Å²) in [5.41, 5.74) is 6.36. The van der Waals surface area contributed by atoms with Crippen LogP contribution in [-0.2, 0) is 0 Å². The van der Waals surface area contributed by atoms with Gasteiger partial charge in [-0.2, -0.15) is 0 Å². The van der Waals surface area contributed by atoms with Crippen molar-refractivity contribution in [3.63, 3.8) is 0 Å². The van der Waals surface area contributed by atoms with E-state index in [1.54, 1.807) is 0 Å². The van der Waals surface area contributed by atoms with Crippen LogP contribution in [0, 0.1) is 10.8 Å². The van der Waals surface area contributed by atoms with Crippen molar-refractivity contribution in [3.8, 4) is 5.75 Å². The Hall–Kier alpha value is -2.97. The second-order valence-corrected chi connectivity index (χ2v) is 8.63. The van der Waals surface area contributed by atoms with E-state index in [0.717, 1.165) is 88.4 Å². The molecular formula is C25H44N8O. The van der Waals surface area contributed by atoms with Gasteiger partial charge in [-0.1, -0.05) is 25.7 Å². The number of aliphatic imine (C=N–C) groups is 1. The predicted octanol–water partition coefficient (Wildman–Crippen LogP) is 2.91. The Labute approximate surface area is 204 Å². The van der Waals surface area contributed by atoms with E-state index in [2.05, 4.69) is 38.4 Å².